The van der Waals surface area contributed by atoms with Crippen LogP contribution in [-0.4, -0.2) is 29.1 Å². The van der Waals surface area contributed by atoms with Gasteiger partial charge in [-0.1, -0.05) is 6.07 Å². The quantitative estimate of drug-likeness (QED) is 0.785. The maximum atomic E-state index is 11.6. The molecule has 1 aromatic heterocycles. The van der Waals surface area contributed by atoms with Gasteiger partial charge in [0.15, 0.2) is 0 Å². The molecule has 16 heavy (non-hydrogen) atoms. The van der Waals surface area contributed by atoms with Crippen molar-refractivity contribution in [3.05, 3.63) is 30.1 Å². The molecule has 1 aliphatic rings. The van der Waals surface area contributed by atoms with E-state index in [1.54, 1.807) is 6.20 Å². The van der Waals surface area contributed by atoms with Crippen LogP contribution in [0.3, 0.4) is 0 Å². The Balaban J connectivity index is 2.38. The monoisotopic (exact) mass is 220 g/mol. The van der Waals surface area contributed by atoms with Gasteiger partial charge in [-0.2, -0.15) is 0 Å². The highest BCUT2D eigenvalue weighted by molar-refractivity contribution is 5.80. The lowest BCUT2D eigenvalue weighted by Crippen LogP contribution is -2.37. The third-order valence-corrected chi connectivity index (χ3v) is 3.25. The first-order chi connectivity index (χ1) is 7.76. The lowest BCUT2D eigenvalue weighted by atomic mass is 9.77. The molecule has 86 valence electrons. The second kappa shape index (κ2) is 4.61. The Bertz CT molecular complexity index is 357. The van der Waals surface area contributed by atoms with Crippen molar-refractivity contribution in [2.24, 2.45) is 0 Å². The summed E-state index contributed by atoms with van der Waals surface area (Å²) in [7, 11) is 0. The fourth-order valence-electron chi connectivity index (χ4n) is 2.29. The molecule has 0 amide bonds. The number of aromatic nitrogens is 1. The van der Waals surface area contributed by atoms with Gasteiger partial charge in [0, 0.05) is 6.20 Å². The van der Waals surface area contributed by atoms with Gasteiger partial charge in [0.25, 0.3) is 0 Å². The van der Waals surface area contributed by atoms with E-state index >= 15 is 0 Å². The first-order valence-corrected chi connectivity index (χ1v) is 5.61. The van der Waals surface area contributed by atoms with Crippen molar-refractivity contribution >= 4 is 5.97 Å². The molecule has 1 fully saturated rings. The lowest BCUT2D eigenvalue weighted by Gasteiger charge is -2.26. The maximum absolute atomic E-state index is 11.6. The van der Waals surface area contributed by atoms with Crippen LogP contribution in [0.5, 0.6) is 0 Å². The minimum absolute atomic E-state index is 0.610. The van der Waals surface area contributed by atoms with Crippen LogP contribution in [0.1, 0.15) is 25.0 Å². The van der Waals surface area contributed by atoms with Crippen LogP contribution in [0.15, 0.2) is 24.4 Å². The molecule has 0 saturated carbocycles. The van der Waals surface area contributed by atoms with Crippen LogP contribution in [-0.2, 0) is 10.2 Å². The molecule has 2 N–H and O–H groups in total. The van der Waals surface area contributed by atoms with Gasteiger partial charge in [0.05, 0.1) is 5.69 Å². The van der Waals surface area contributed by atoms with E-state index in [2.05, 4.69) is 10.3 Å². The number of nitrogens with one attached hydrogen (secondary N) is 1. The molecule has 4 nitrogen and oxygen atoms in total. The summed E-state index contributed by atoms with van der Waals surface area (Å²) in [6.45, 7) is 1.63. The average molecular weight is 220 g/mol. The van der Waals surface area contributed by atoms with Gasteiger partial charge in [0.2, 0.25) is 0 Å². The molecule has 2 rings (SSSR count). The van der Waals surface area contributed by atoms with Gasteiger partial charge in [-0.25, -0.2) is 0 Å². The number of nitrogens with zero attached hydrogens (tertiary/aromatic N) is 1. The first-order valence-electron chi connectivity index (χ1n) is 5.61. The number of pyridine rings is 1. The summed E-state index contributed by atoms with van der Waals surface area (Å²) in [6, 6.07) is 5.48. The van der Waals surface area contributed by atoms with E-state index in [1.807, 2.05) is 18.2 Å². The van der Waals surface area contributed by atoms with Crippen molar-refractivity contribution in [2.75, 3.05) is 13.1 Å². The van der Waals surface area contributed by atoms with Crippen LogP contribution in [0, 0.1) is 0 Å². The largest absolute Gasteiger partial charge is 0.481 e. The van der Waals surface area contributed by atoms with E-state index < -0.39 is 11.4 Å². The van der Waals surface area contributed by atoms with Crippen molar-refractivity contribution in [1.29, 1.82) is 0 Å². The number of rotatable bonds is 2. The highest BCUT2D eigenvalue weighted by Crippen LogP contribution is 2.33. The number of hydrogen-bond acceptors (Lipinski definition) is 3. The Kier molecular flexibility index (Phi) is 3.19. The van der Waals surface area contributed by atoms with Crippen molar-refractivity contribution < 1.29 is 9.90 Å². The average Bonchev–Trinajstić information content (AvgIpc) is 2.56. The van der Waals surface area contributed by atoms with Crippen molar-refractivity contribution in [3.63, 3.8) is 0 Å². The number of aliphatic carboxylic acids is 1. The second-order valence-electron chi connectivity index (χ2n) is 4.21. The van der Waals surface area contributed by atoms with Gasteiger partial charge >= 0.3 is 5.97 Å². The molecule has 1 aromatic rings. The molecular formula is C12H16N2O2. The van der Waals surface area contributed by atoms with E-state index in [1.165, 1.54) is 0 Å². The lowest BCUT2D eigenvalue weighted by molar-refractivity contribution is -0.144. The van der Waals surface area contributed by atoms with Crippen molar-refractivity contribution in [3.8, 4) is 0 Å². The molecule has 0 spiro atoms. The van der Waals surface area contributed by atoms with Gasteiger partial charge in [-0.3, -0.25) is 9.78 Å². The molecule has 2 heterocycles. The Labute approximate surface area is 94.7 Å². The molecule has 0 aliphatic carbocycles. The molecule has 1 atom stereocenters. The van der Waals surface area contributed by atoms with E-state index in [0.717, 1.165) is 19.5 Å². The van der Waals surface area contributed by atoms with Gasteiger partial charge in [-0.05, 0) is 44.5 Å². The minimum Gasteiger partial charge on any atom is -0.481 e. The summed E-state index contributed by atoms with van der Waals surface area (Å²) in [5, 5.41) is 12.7. The number of carboxylic acid groups (broad SMARTS) is 1. The maximum Gasteiger partial charge on any atom is 0.315 e. The number of carbonyl (C=O) groups is 1. The zero-order valence-corrected chi connectivity index (χ0v) is 9.15. The standard InChI is InChI=1S/C12H16N2O2/c15-11(16)12(5-3-7-13-9-6-12)10-4-1-2-8-14-10/h1-2,4,8,13H,3,5-7,9H2,(H,15,16). The van der Waals surface area contributed by atoms with Crippen molar-refractivity contribution in [2.45, 2.75) is 24.7 Å². The normalized spacial score (nSPS) is 26.0. The smallest absolute Gasteiger partial charge is 0.315 e. The highest BCUT2D eigenvalue weighted by atomic mass is 16.4. The van der Waals surface area contributed by atoms with Crippen LogP contribution in [0.25, 0.3) is 0 Å². The third kappa shape index (κ3) is 1.93. The molecule has 1 unspecified atom stereocenters. The Hall–Kier alpha value is -1.42. The van der Waals surface area contributed by atoms with Crippen LogP contribution < -0.4 is 5.32 Å². The molecule has 1 saturated heterocycles. The molecule has 0 bridgehead atoms. The summed E-state index contributed by atoms with van der Waals surface area (Å²) in [6.07, 6.45) is 3.81. The predicted octanol–water partition coefficient (Wildman–Crippen LogP) is 1.18. The molecule has 1 aliphatic heterocycles. The zero-order chi connectivity index (χ0) is 11.4. The third-order valence-electron chi connectivity index (χ3n) is 3.25. The summed E-state index contributed by atoms with van der Waals surface area (Å²) < 4.78 is 0. The SMILES string of the molecule is O=C(O)C1(c2ccccn2)CCCNCC1. The van der Waals surface area contributed by atoms with Crippen molar-refractivity contribution in [1.82, 2.24) is 10.3 Å². The Morgan fingerprint density at radius 3 is 2.94 bits per heavy atom. The fraction of sp³-hybridized carbons (Fsp3) is 0.500. The molecule has 0 radical (unpaired) electrons. The topological polar surface area (TPSA) is 62.2 Å². The van der Waals surface area contributed by atoms with Gasteiger partial charge in [0.1, 0.15) is 5.41 Å². The molecular weight excluding hydrogens is 204 g/mol. The fourth-order valence-corrected chi connectivity index (χ4v) is 2.29. The zero-order valence-electron chi connectivity index (χ0n) is 9.15. The molecule has 0 aromatic carbocycles. The van der Waals surface area contributed by atoms with E-state index in [-0.39, 0.29) is 0 Å². The second-order valence-corrected chi connectivity index (χ2v) is 4.21. The summed E-state index contributed by atoms with van der Waals surface area (Å²) in [4.78, 5) is 15.8. The Morgan fingerprint density at radius 1 is 1.38 bits per heavy atom. The van der Waals surface area contributed by atoms with E-state index in [0.29, 0.717) is 18.5 Å². The summed E-state index contributed by atoms with van der Waals surface area (Å²) >= 11 is 0. The summed E-state index contributed by atoms with van der Waals surface area (Å²) in [5.41, 5.74) is -0.115. The van der Waals surface area contributed by atoms with Gasteiger partial charge < -0.3 is 10.4 Å². The minimum atomic E-state index is -0.801. The predicted molar refractivity (Wildman–Crippen MR) is 60.3 cm³/mol. The Morgan fingerprint density at radius 2 is 2.25 bits per heavy atom. The van der Waals surface area contributed by atoms with E-state index in [9.17, 15) is 9.90 Å². The van der Waals surface area contributed by atoms with E-state index in [4.69, 9.17) is 0 Å². The summed E-state index contributed by atoms with van der Waals surface area (Å²) in [5.74, 6) is -0.755. The van der Waals surface area contributed by atoms with Crippen LogP contribution in [0.4, 0.5) is 0 Å². The van der Waals surface area contributed by atoms with Crippen LogP contribution >= 0.6 is 0 Å². The van der Waals surface area contributed by atoms with Gasteiger partial charge in [-0.15, -0.1) is 0 Å². The first kappa shape index (κ1) is 11.1. The van der Waals surface area contributed by atoms with Crippen LogP contribution in [0.2, 0.25) is 0 Å². The highest BCUT2D eigenvalue weighted by Gasteiger charge is 2.41. The number of carboxylic acids is 1. The molecule has 4 heteroatoms. The number of hydrogen-bond donors (Lipinski definition) is 2.